The predicted molar refractivity (Wildman–Crippen MR) is 59.8 cm³/mol. The minimum atomic E-state index is -0.540. The lowest BCUT2D eigenvalue weighted by atomic mass is 9.90. The summed E-state index contributed by atoms with van der Waals surface area (Å²) in [5.74, 6) is -0.178. The Balaban J connectivity index is 4.42. The van der Waals surface area contributed by atoms with Gasteiger partial charge in [0.2, 0.25) is 0 Å². The van der Waals surface area contributed by atoms with E-state index in [9.17, 15) is 4.79 Å². The van der Waals surface area contributed by atoms with Crippen LogP contribution < -0.4 is 5.32 Å². The average molecular weight is 217 g/mol. The number of hydrogen-bond donors (Lipinski definition) is 1. The van der Waals surface area contributed by atoms with E-state index in [4.69, 9.17) is 9.47 Å². The highest BCUT2D eigenvalue weighted by atomic mass is 16.5. The molecule has 0 aromatic carbocycles. The van der Waals surface area contributed by atoms with E-state index < -0.39 is 5.54 Å². The van der Waals surface area contributed by atoms with Crippen LogP contribution in [-0.2, 0) is 14.3 Å². The highest BCUT2D eigenvalue weighted by molar-refractivity contribution is 5.80. The molecule has 1 N–H and O–H groups in total. The fourth-order valence-electron chi connectivity index (χ4n) is 1.72. The number of nitrogens with one attached hydrogen (secondary N) is 1. The average Bonchev–Trinajstić information content (AvgIpc) is 2.27. The molecule has 0 radical (unpaired) electrons. The van der Waals surface area contributed by atoms with Gasteiger partial charge < -0.3 is 9.47 Å². The maximum atomic E-state index is 11.7. The highest BCUT2D eigenvalue weighted by Crippen LogP contribution is 2.19. The van der Waals surface area contributed by atoms with Crippen LogP contribution in [0.2, 0.25) is 0 Å². The fraction of sp³-hybridized carbons (Fsp3) is 0.909. The van der Waals surface area contributed by atoms with Crippen molar-refractivity contribution in [3.8, 4) is 0 Å². The standard InChI is InChI=1S/C11H23NO3/c1-5-7-11(6-2,10(13)15-4)12-8-9-14-3/h12H,5-9H2,1-4H3. The van der Waals surface area contributed by atoms with Gasteiger partial charge in [-0.05, 0) is 12.8 Å². The van der Waals surface area contributed by atoms with Gasteiger partial charge >= 0.3 is 5.97 Å². The van der Waals surface area contributed by atoms with E-state index >= 15 is 0 Å². The molecule has 0 bridgehead atoms. The van der Waals surface area contributed by atoms with Crippen LogP contribution in [-0.4, -0.2) is 38.9 Å². The summed E-state index contributed by atoms with van der Waals surface area (Å²) in [5.41, 5.74) is -0.540. The van der Waals surface area contributed by atoms with Crippen LogP contribution in [0.15, 0.2) is 0 Å². The number of rotatable bonds is 8. The van der Waals surface area contributed by atoms with Gasteiger partial charge in [-0.2, -0.15) is 0 Å². The maximum Gasteiger partial charge on any atom is 0.326 e. The van der Waals surface area contributed by atoms with Crippen LogP contribution in [0.25, 0.3) is 0 Å². The van der Waals surface area contributed by atoms with Crippen molar-refractivity contribution in [1.82, 2.24) is 5.32 Å². The van der Waals surface area contributed by atoms with Gasteiger partial charge in [0, 0.05) is 13.7 Å². The molecule has 0 saturated heterocycles. The Labute approximate surface area is 92.3 Å². The second-order valence-electron chi connectivity index (χ2n) is 3.60. The topological polar surface area (TPSA) is 47.6 Å². The third-order valence-electron chi connectivity index (χ3n) is 2.63. The summed E-state index contributed by atoms with van der Waals surface area (Å²) in [6.07, 6.45) is 2.47. The summed E-state index contributed by atoms with van der Waals surface area (Å²) in [6.45, 7) is 5.32. The van der Waals surface area contributed by atoms with Crippen molar-refractivity contribution in [2.24, 2.45) is 0 Å². The van der Waals surface area contributed by atoms with E-state index in [0.717, 1.165) is 19.3 Å². The third kappa shape index (κ3) is 4.18. The molecule has 0 aromatic heterocycles. The minimum Gasteiger partial charge on any atom is -0.468 e. The van der Waals surface area contributed by atoms with Gasteiger partial charge in [-0.15, -0.1) is 0 Å². The second kappa shape index (κ2) is 7.65. The number of esters is 1. The van der Waals surface area contributed by atoms with Gasteiger partial charge in [0.25, 0.3) is 0 Å². The van der Waals surface area contributed by atoms with E-state index in [-0.39, 0.29) is 5.97 Å². The Morgan fingerprint density at radius 2 is 2.00 bits per heavy atom. The molecule has 0 aliphatic heterocycles. The highest BCUT2D eigenvalue weighted by Gasteiger charge is 2.35. The first kappa shape index (κ1) is 14.4. The van der Waals surface area contributed by atoms with Crippen molar-refractivity contribution >= 4 is 5.97 Å². The third-order valence-corrected chi connectivity index (χ3v) is 2.63. The molecule has 0 aliphatic carbocycles. The smallest absolute Gasteiger partial charge is 0.326 e. The van der Waals surface area contributed by atoms with Crippen LogP contribution in [0.1, 0.15) is 33.1 Å². The molecule has 1 unspecified atom stereocenters. The second-order valence-corrected chi connectivity index (χ2v) is 3.60. The number of methoxy groups -OCH3 is 2. The van der Waals surface area contributed by atoms with E-state index in [2.05, 4.69) is 12.2 Å². The summed E-state index contributed by atoms with van der Waals surface area (Å²) < 4.78 is 9.81. The number of ether oxygens (including phenoxy) is 2. The molecular weight excluding hydrogens is 194 g/mol. The molecule has 0 fully saturated rings. The molecular formula is C11H23NO3. The van der Waals surface area contributed by atoms with Crippen LogP contribution in [0.5, 0.6) is 0 Å². The van der Waals surface area contributed by atoms with Crippen LogP contribution in [0.4, 0.5) is 0 Å². The lowest BCUT2D eigenvalue weighted by Crippen LogP contribution is -2.53. The Kier molecular flexibility index (Phi) is 7.34. The first-order valence-electron chi connectivity index (χ1n) is 5.49. The van der Waals surface area contributed by atoms with Crippen molar-refractivity contribution in [3.05, 3.63) is 0 Å². The normalized spacial score (nSPS) is 14.7. The zero-order valence-corrected chi connectivity index (χ0v) is 10.3. The van der Waals surface area contributed by atoms with E-state index in [1.807, 2.05) is 6.92 Å². The molecule has 0 aromatic rings. The first-order chi connectivity index (χ1) is 7.16. The van der Waals surface area contributed by atoms with Crippen molar-refractivity contribution in [2.45, 2.75) is 38.6 Å². The summed E-state index contributed by atoms with van der Waals surface area (Å²) >= 11 is 0. The van der Waals surface area contributed by atoms with Gasteiger partial charge in [0.15, 0.2) is 0 Å². The Morgan fingerprint density at radius 1 is 1.33 bits per heavy atom. The van der Waals surface area contributed by atoms with E-state index in [1.165, 1.54) is 7.11 Å². The van der Waals surface area contributed by atoms with Crippen LogP contribution in [0.3, 0.4) is 0 Å². The SMILES string of the molecule is CCCC(CC)(NCCOC)C(=O)OC. The Hall–Kier alpha value is -0.610. The molecule has 0 heterocycles. The van der Waals surface area contributed by atoms with Gasteiger partial charge in [0.1, 0.15) is 5.54 Å². The largest absolute Gasteiger partial charge is 0.468 e. The van der Waals surface area contributed by atoms with Gasteiger partial charge in [-0.3, -0.25) is 10.1 Å². The van der Waals surface area contributed by atoms with Gasteiger partial charge in [-0.1, -0.05) is 20.3 Å². The molecule has 0 saturated carbocycles. The Morgan fingerprint density at radius 3 is 2.40 bits per heavy atom. The van der Waals surface area contributed by atoms with Crippen LogP contribution >= 0.6 is 0 Å². The summed E-state index contributed by atoms with van der Waals surface area (Å²) in [6, 6.07) is 0. The lowest BCUT2D eigenvalue weighted by molar-refractivity contribution is -0.149. The molecule has 0 rings (SSSR count). The molecule has 0 spiro atoms. The first-order valence-corrected chi connectivity index (χ1v) is 5.49. The molecule has 4 nitrogen and oxygen atoms in total. The molecule has 4 heteroatoms. The summed E-state index contributed by atoms with van der Waals surface area (Å²) in [7, 11) is 3.08. The van der Waals surface area contributed by atoms with E-state index in [1.54, 1.807) is 7.11 Å². The van der Waals surface area contributed by atoms with Crippen molar-refractivity contribution in [1.29, 1.82) is 0 Å². The molecule has 90 valence electrons. The van der Waals surface area contributed by atoms with Gasteiger partial charge in [-0.25, -0.2) is 0 Å². The number of carbonyl (C=O) groups is 1. The maximum absolute atomic E-state index is 11.7. The quantitative estimate of drug-likeness (QED) is 0.492. The summed E-state index contributed by atoms with van der Waals surface area (Å²) in [5, 5.41) is 3.24. The molecule has 0 amide bonds. The zero-order chi connectivity index (χ0) is 11.7. The predicted octanol–water partition coefficient (Wildman–Crippen LogP) is 1.34. The zero-order valence-electron chi connectivity index (χ0n) is 10.3. The van der Waals surface area contributed by atoms with Crippen molar-refractivity contribution in [2.75, 3.05) is 27.4 Å². The summed E-state index contributed by atoms with van der Waals surface area (Å²) in [4.78, 5) is 11.7. The lowest BCUT2D eigenvalue weighted by Gasteiger charge is -2.30. The Bertz CT molecular complexity index is 185. The molecule has 15 heavy (non-hydrogen) atoms. The van der Waals surface area contributed by atoms with Crippen molar-refractivity contribution < 1.29 is 14.3 Å². The van der Waals surface area contributed by atoms with Crippen molar-refractivity contribution in [3.63, 3.8) is 0 Å². The van der Waals surface area contributed by atoms with E-state index in [0.29, 0.717) is 13.2 Å². The monoisotopic (exact) mass is 217 g/mol. The van der Waals surface area contributed by atoms with Gasteiger partial charge in [0.05, 0.1) is 13.7 Å². The number of carbonyl (C=O) groups excluding carboxylic acids is 1. The molecule has 0 aliphatic rings. The molecule has 1 atom stereocenters. The minimum absolute atomic E-state index is 0.178. The van der Waals surface area contributed by atoms with Crippen LogP contribution in [0, 0.1) is 0 Å². The number of hydrogen-bond acceptors (Lipinski definition) is 4. The fourth-order valence-corrected chi connectivity index (χ4v) is 1.72.